The van der Waals surface area contributed by atoms with Crippen molar-refractivity contribution in [2.45, 2.75) is 31.7 Å². The Morgan fingerprint density at radius 3 is 2.68 bits per heavy atom. The zero-order chi connectivity index (χ0) is 17.2. The van der Waals surface area contributed by atoms with Crippen molar-refractivity contribution in [2.24, 2.45) is 0 Å². The topological polar surface area (TPSA) is 95.8 Å². The highest BCUT2D eigenvalue weighted by atomic mass is 16.5. The van der Waals surface area contributed by atoms with Gasteiger partial charge in [-0.1, -0.05) is 35.5 Å². The molecule has 7 nitrogen and oxygen atoms in total. The molecule has 2 aromatic heterocycles. The van der Waals surface area contributed by atoms with Gasteiger partial charge in [0.2, 0.25) is 11.7 Å². The summed E-state index contributed by atoms with van der Waals surface area (Å²) < 4.78 is 11.0. The first kappa shape index (κ1) is 16.0. The second kappa shape index (κ2) is 6.79. The van der Waals surface area contributed by atoms with Gasteiger partial charge in [0.15, 0.2) is 0 Å². The third-order valence-corrected chi connectivity index (χ3v) is 4.37. The number of likely N-dealkylation sites (tertiary alicyclic amines) is 1. The lowest BCUT2D eigenvalue weighted by Crippen LogP contribution is -2.24. The molecule has 2 N–H and O–H groups in total. The number of β-amino-alcohol motifs (C(OH)–C–C–N with tert-alkyl or cyclic N) is 1. The van der Waals surface area contributed by atoms with Crippen LogP contribution in [-0.2, 0) is 13.2 Å². The summed E-state index contributed by atoms with van der Waals surface area (Å²) in [7, 11) is 0. The molecule has 7 heteroatoms. The van der Waals surface area contributed by atoms with Crippen LogP contribution >= 0.6 is 0 Å². The molecule has 0 radical (unpaired) electrons. The Morgan fingerprint density at radius 1 is 1.12 bits per heavy atom. The van der Waals surface area contributed by atoms with Crippen LogP contribution < -0.4 is 0 Å². The SMILES string of the molecule is OCc1ccc(CN2C[C@H](O)C[C@@H]2c2nc(-c3ccccc3)no2)o1. The summed E-state index contributed by atoms with van der Waals surface area (Å²) in [4.78, 5) is 6.56. The van der Waals surface area contributed by atoms with Crippen molar-refractivity contribution < 1.29 is 19.2 Å². The lowest BCUT2D eigenvalue weighted by Gasteiger charge is -2.19. The van der Waals surface area contributed by atoms with Crippen molar-refractivity contribution in [2.75, 3.05) is 6.54 Å². The molecule has 0 spiro atoms. The quantitative estimate of drug-likeness (QED) is 0.734. The molecule has 1 aliphatic rings. The number of hydrogen-bond acceptors (Lipinski definition) is 7. The number of furan rings is 1. The zero-order valence-corrected chi connectivity index (χ0v) is 13.6. The van der Waals surface area contributed by atoms with Crippen LogP contribution in [0, 0.1) is 0 Å². The van der Waals surface area contributed by atoms with E-state index in [2.05, 4.69) is 10.1 Å². The van der Waals surface area contributed by atoms with Crippen LogP contribution in [0.5, 0.6) is 0 Å². The molecule has 1 aliphatic heterocycles. The predicted molar refractivity (Wildman–Crippen MR) is 88.1 cm³/mol. The van der Waals surface area contributed by atoms with Crippen LogP contribution in [0.3, 0.4) is 0 Å². The standard InChI is InChI=1S/C18H19N3O4/c22-11-15-7-6-14(24-15)10-21-9-13(23)8-16(21)18-19-17(20-25-18)12-4-2-1-3-5-12/h1-7,13,16,22-23H,8-11H2/t13-,16-/m1/s1. The fourth-order valence-corrected chi connectivity index (χ4v) is 3.18. The van der Waals surface area contributed by atoms with E-state index < -0.39 is 6.10 Å². The highest BCUT2D eigenvalue weighted by Gasteiger charge is 2.36. The molecular weight excluding hydrogens is 322 g/mol. The Kier molecular flexibility index (Phi) is 4.35. The average Bonchev–Trinajstić information content (AvgIpc) is 3.36. The Morgan fingerprint density at radius 2 is 1.92 bits per heavy atom. The van der Waals surface area contributed by atoms with Gasteiger partial charge in [0, 0.05) is 12.1 Å². The summed E-state index contributed by atoms with van der Waals surface area (Å²) in [6.45, 7) is 0.879. The van der Waals surface area contributed by atoms with Gasteiger partial charge in [0.05, 0.1) is 18.7 Å². The van der Waals surface area contributed by atoms with Crippen LogP contribution in [-0.4, -0.2) is 37.9 Å². The zero-order valence-electron chi connectivity index (χ0n) is 13.6. The van der Waals surface area contributed by atoms with Gasteiger partial charge in [0.1, 0.15) is 18.1 Å². The maximum atomic E-state index is 10.1. The minimum absolute atomic E-state index is 0.129. The molecule has 0 bridgehead atoms. The van der Waals surface area contributed by atoms with Crippen LogP contribution in [0.4, 0.5) is 0 Å². The number of aromatic nitrogens is 2. The molecule has 25 heavy (non-hydrogen) atoms. The van der Waals surface area contributed by atoms with E-state index in [1.807, 2.05) is 41.3 Å². The number of aliphatic hydroxyl groups is 2. The number of rotatable bonds is 5. The predicted octanol–water partition coefficient (Wildman–Crippen LogP) is 2.13. The maximum Gasteiger partial charge on any atom is 0.244 e. The summed E-state index contributed by atoms with van der Waals surface area (Å²) >= 11 is 0. The first-order chi connectivity index (χ1) is 12.2. The van der Waals surface area contributed by atoms with E-state index in [-0.39, 0.29) is 12.6 Å². The highest BCUT2D eigenvalue weighted by molar-refractivity contribution is 5.53. The van der Waals surface area contributed by atoms with Crippen molar-refractivity contribution in [1.82, 2.24) is 15.0 Å². The molecule has 1 fully saturated rings. The largest absolute Gasteiger partial charge is 0.462 e. The molecular formula is C18H19N3O4. The second-order valence-corrected chi connectivity index (χ2v) is 6.18. The molecule has 3 aromatic rings. The van der Waals surface area contributed by atoms with Crippen molar-refractivity contribution in [3.63, 3.8) is 0 Å². The summed E-state index contributed by atoms with van der Waals surface area (Å²) in [5, 5.41) is 23.3. The van der Waals surface area contributed by atoms with Gasteiger partial charge in [-0.05, 0) is 18.6 Å². The first-order valence-corrected chi connectivity index (χ1v) is 8.22. The average molecular weight is 341 g/mol. The molecule has 3 heterocycles. The maximum absolute atomic E-state index is 10.1. The molecule has 0 aliphatic carbocycles. The summed E-state index contributed by atoms with van der Waals surface area (Å²) in [6.07, 6.45) is 0.0774. The van der Waals surface area contributed by atoms with Gasteiger partial charge in [-0.25, -0.2) is 0 Å². The van der Waals surface area contributed by atoms with Gasteiger partial charge in [0.25, 0.3) is 0 Å². The van der Waals surface area contributed by atoms with Crippen molar-refractivity contribution in [1.29, 1.82) is 0 Å². The van der Waals surface area contributed by atoms with Crippen molar-refractivity contribution >= 4 is 0 Å². The molecule has 0 unspecified atom stereocenters. The number of aliphatic hydroxyl groups excluding tert-OH is 2. The van der Waals surface area contributed by atoms with Gasteiger partial charge >= 0.3 is 0 Å². The first-order valence-electron chi connectivity index (χ1n) is 8.22. The van der Waals surface area contributed by atoms with Gasteiger partial charge < -0.3 is 19.2 Å². The fraction of sp³-hybridized carbons (Fsp3) is 0.333. The number of hydrogen-bond donors (Lipinski definition) is 2. The Bertz CT molecular complexity index is 830. The molecule has 1 saturated heterocycles. The van der Waals surface area contributed by atoms with Gasteiger partial charge in [-0.15, -0.1) is 0 Å². The van der Waals surface area contributed by atoms with Crippen LogP contribution in [0.25, 0.3) is 11.4 Å². The van der Waals surface area contributed by atoms with E-state index >= 15 is 0 Å². The van der Waals surface area contributed by atoms with E-state index in [1.165, 1.54) is 0 Å². The normalized spacial score (nSPS) is 21.0. The lowest BCUT2D eigenvalue weighted by atomic mass is 10.2. The van der Waals surface area contributed by atoms with Crippen LogP contribution in [0.15, 0.2) is 51.4 Å². The van der Waals surface area contributed by atoms with Crippen LogP contribution in [0.2, 0.25) is 0 Å². The second-order valence-electron chi connectivity index (χ2n) is 6.18. The minimum atomic E-state index is -0.454. The van der Waals surface area contributed by atoms with Gasteiger partial charge in [-0.2, -0.15) is 4.98 Å². The van der Waals surface area contributed by atoms with Crippen LogP contribution in [0.1, 0.15) is 29.9 Å². The summed E-state index contributed by atoms with van der Waals surface area (Å²) in [6, 6.07) is 13.0. The van der Waals surface area contributed by atoms with E-state index in [0.29, 0.717) is 37.0 Å². The molecule has 1 aromatic carbocycles. The van der Waals surface area contributed by atoms with E-state index in [9.17, 15) is 5.11 Å². The smallest absolute Gasteiger partial charge is 0.244 e. The molecule has 2 atom stereocenters. The van der Waals surface area contributed by atoms with E-state index in [1.54, 1.807) is 6.07 Å². The Labute approximate surface area is 144 Å². The molecule has 0 saturated carbocycles. The van der Waals surface area contributed by atoms with Gasteiger partial charge in [-0.3, -0.25) is 4.90 Å². The molecule has 130 valence electrons. The monoisotopic (exact) mass is 341 g/mol. The molecule has 0 amide bonds. The Hall–Kier alpha value is -2.48. The summed E-state index contributed by atoms with van der Waals surface area (Å²) in [5.74, 6) is 2.28. The lowest BCUT2D eigenvalue weighted by molar-refractivity contribution is 0.160. The third kappa shape index (κ3) is 3.34. The number of benzene rings is 1. The van der Waals surface area contributed by atoms with Crippen molar-refractivity contribution in [3.05, 3.63) is 59.9 Å². The fourth-order valence-electron chi connectivity index (χ4n) is 3.18. The van der Waals surface area contributed by atoms with E-state index in [4.69, 9.17) is 14.0 Å². The van der Waals surface area contributed by atoms with E-state index in [0.717, 1.165) is 11.3 Å². The highest BCUT2D eigenvalue weighted by Crippen LogP contribution is 2.33. The van der Waals surface area contributed by atoms with Crippen molar-refractivity contribution in [3.8, 4) is 11.4 Å². The Balaban J connectivity index is 1.54. The molecule has 4 rings (SSSR count). The number of nitrogens with zero attached hydrogens (tertiary/aromatic N) is 3. The third-order valence-electron chi connectivity index (χ3n) is 4.37. The summed E-state index contributed by atoms with van der Waals surface area (Å²) in [5.41, 5.74) is 0.890. The minimum Gasteiger partial charge on any atom is -0.462 e.